The zero-order valence-electron chi connectivity index (χ0n) is 15.3. The number of hydrogen-bond donors (Lipinski definition) is 0. The molecule has 0 N–H and O–H groups in total. The first-order chi connectivity index (χ1) is 12.3. The minimum atomic E-state index is -0.448. The minimum Gasteiger partial charge on any atom is -0.423 e. The lowest BCUT2D eigenvalue weighted by molar-refractivity contribution is -0.130. The van der Waals surface area contributed by atoms with Crippen LogP contribution in [-0.4, -0.2) is 11.9 Å². The van der Waals surface area contributed by atoms with E-state index < -0.39 is 11.9 Å². The SMILES string of the molecule is C=C(C)C(=O)Oc1ccc(-c2ccc(OC(=O)C(=C)C)cc2CC)cc1. The fourth-order valence-corrected chi connectivity index (χ4v) is 2.30. The van der Waals surface area contributed by atoms with Crippen molar-refractivity contribution in [3.63, 3.8) is 0 Å². The van der Waals surface area contributed by atoms with E-state index in [0.717, 1.165) is 23.1 Å². The van der Waals surface area contributed by atoms with E-state index in [-0.39, 0.29) is 0 Å². The molecule has 0 fully saturated rings. The Kier molecular flexibility index (Phi) is 6.12. The molecule has 0 saturated heterocycles. The summed E-state index contributed by atoms with van der Waals surface area (Å²) in [5.41, 5.74) is 3.76. The summed E-state index contributed by atoms with van der Waals surface area (Å²) in [7, 11) is 0. The van der Waals surface area contributed by atoms with Crippen molar-refractivity contribution in [1.29, 1.82) is 0 Å². The van der Waals surface area contributed by atoms with Crippen molar-refractivity contribution in [3.8, 4) is 22.6 Å². The second kappa shape index (κ2) is 8.30. The Balaban J connectivity index is 2.25. The molecule has 0 aliphatic heterocycles. The van der Waals surface area contributed by atoms with Gasteiger partial charge in [-0.1, -0.05) is 38.3 Å². The third-order valence-corrected chi connectivity index (χ3v) is 3.74. The molecular formula is C22H22O4. The van der Waals surface area contributed by atoms with E-state index in [9.17, 15) is 9.59 Å². The van der Waals surface area contributed by atoms with Crippen molar-refractivity contribution in [1.82, 2.24) is 0 Å². The quantitative estimate of drug-likeness (QED) is 0.423. The monoisotopic (exact) mass is 350 g/mol. The molecule has 2 rings (SSSR count). The van der Waals surface area contributed by atoms with Crippen molar-refractivity contribution < 1.29 is 19.1 Å². The van der Waals surface area contributed by atoms with Crippen LogP contribution in [0.4, 0.5) is 0 Å². The second-order valence-corrected chi connectivity index (χ2v) is 6.04. The van der Waals surface area contributed by atoms with E-state index in [1.165, 1.54) is 0 Å². The molecule has 0 aliphatic rings. The molecule has 0 bridgehead atoms. The van der Waals surface area contributed by atoms with Gasteiger partial charge in [0.05, 0.1) is 0 Å². The summed E-state index contributed by atoms with van der Waals surface area (Å²) in [5.74, 6) is 0.0663. The molecule has 0 aromatic heterocycles. The maximum absolute atomic E-state index is 11.7. The molecule has 2 aromatic carbocycles. The first kappa shape index (κ1) is 19.2. The van der Waals surface area contributed by atoms with E-state index in [1.54, 1.807) is 32.0 Å². The minimum absolute atomic E-state index is 0.349. The lowest BCUT2D eigenvalue weighted by Crippen LogP contribution is -2.08. The van der Waals surface area contributed by atoms with Crippen molar-refractivity contribution in [3.05, 3.63) is 72.3 Å². The van der Waals surface area contributed by atoms with Crippen LogP contribution in [0.2, 0.25) is 0 Å². The van der Waals surface area contributed by atoms with Gasteiger partial charge in [-0.3, -0.25) is 0 Å². The summed E-state index contributed by atoms with van der Waals surface area (Å²) in [5, 5.41) is 0. The summed E-state index contributed by atoms with van der Waals surface area (Å²) >= 11 is 0. The molecule has 4 heteroatoms. The first-order valence-corrected chi connectivity index (χ1v) is 8.30. The molecule has 134 valence electrons. The molecule has 2 aromatic rings. The molecule has 0 atom stereocenters. The highest BCUT2D eigenvalue weighted by Crippen LogP contribution is 2.29. The van der Waals surface area contributed by atoms with Gasteiger partial charge in [-0.2, -0.15) is 0 Å². The summed E-state index contributed by atoms with van der Waals surface area (Å²) in [6, 6.07) is 12.8. The molecule has 0 unspecified atom stereocenters. The van der Waals surface area contributed by atoms with Crippen LogP contribution in [0.5, 0.6) is 11.5 Å². The Morgan fingerprint density at radius 1 is 0.846 bits per heavy atom. The van der Waals surface area contributed by atoms with Crippen molar-refractivity contribution in [2.45, 2.75) is 27.2 Å². The van der Waals surface area contributed by atoms with Crippen molar-refractivity contribution in [2.75, 3.05) is 0 Å². The zero-order chi connectivity index (χ0) is 19.3. The highest BCUT2D eigenvalue weighted by Gasteiger charge is 2.10. The van der Waals surface area contributed by atoms with Crippen LogP contribution in [0.1, 0.15) is 26.3 Å². The zero-order valence-corrected chi connectivity index (χ0v) is 15.3. The number of hydrogen-bond acceptors (Lipinski definition) is 4. The summed E-state index contributed by atoms with van der Waals surface area (Å²) < 4.78 is 10.5. The predicted octanol–water partition coefficient (Wildman–Crippen LogP) is 4.88. The average Bonchev–Trinajstić information content (AvgIpc) is 2.62. The molecule has 0 amide bonds. The van der Waals surface area contributed by atoms with E-state index in [4.69, 9.17) is 9.47 Å². The maximum atomic E-state index is 11.7. The average molecular weight is 350 g/mol. The molecule has 0 radical (unpaired) electrons. The highest BCUT2D eigenvalue weighted by atomic mass is 16.5. The fraction of sp³-hybridized carbons (Fsp3) is 0.182. The number of benzene rings is 2. The van der Waals surface area contributed by atoms with Crippen LogP contribution < -0.4 is 9.47 Å². The van der Waals surface area contributed by atoms with Gasteiger partial charge in [0.15, 0.2) is 0 Å². The Hall–Kier alpha value is -3.14. The number of rotatable bonds is 6. The van der Waals surface area contributed by atoms with Crippen LogP contribution >= 0.6 is 0 Å². The molecule has 4 nitrogen and oxygen atoms in total. The van der Waals surface area contributed by atoms with Crippen molar-refractivity contribution >= 4 is 11.9 Å². The van der Waals surface area contributed by atoms with Crippen LogP contribution in [0.25, 0.3) is 11.1 Å². The van der Waals surface area contributed by atoms with E-state index >= 15 is 0 Å². The predicted molar refractivity (Wildman–Crippen MR) is 102 cm³/mol. The molecule has 0 aliphatic carbocycles. The van der Waals surface area contributed by atoms with Gasteiger partial charge < -0.3 is 9.47 Å². The topological polar surface area (TPSA) is 52.6 Å². The first-order valence-electron chi connectivity index (χ1n) is 8.30. The number of carbonyl (C=O) groups excluding carboxylic acids is 2. The smallest absolute Gasteiger partial charge is 0.338 e. The van der Waals surface area contributed by atoms with E-state index in [1.807, 2.05) is 31.2 Å². The van der Waals surface area contributed by atoms with Gasteiger partial charge in [0.2, 0.25) is 0 Å². The number of esters is 2. The van der Waals surface area contributed by atoms with Gasteiger partial charge in [-0.05, 0) is 61.2 Å². The molecule has 0 saturated carbocycles. The van der Waals surface area contributed by atoms with E-state index in [2.05, 4.69) is 13.2 Å². The number of carbonyl (C=O) groups is 2. The van der Waals surface area contributed by atoms with Gasteiger partial charge >= 0.3 is 11.9 Å². The number of aryl methyl sites for hydroxylation is 1. The summed E-state index contributed by atoms with van der Waals surface area (Å²) in [6.45, 7) is 12.4. The van der Waals surface area contributed by atoms with E-state index in [0.29, 0.717) is 22.6 Å². The van der Waals surface area contributed by atoms with Crippen LogP contribution in [0.15, 0.2) is 66.8 Å². The van der Waals surface area contributed by atoms with Gasteiger partial charge in [-0.25, -0.2) is 9.59 Å². The second-order valence-electron chi connectivity index (χ2n) is 6.04. The van der Waals surface area contributed by atoms with Gasteiger partial charge in [0.25, 0.3) is 0 Å². The lowest BCUT2D eigenvalue weighted by Gasteiger charge is -2.12. The highest BCUT2D eigenvalue weighted by molar-refractivity contribution is 5.89. The van der Waals surface area contributed by atoms with Crippen LogP contribution in [-0.2, 0) is 16.0 Å². The van der Waals surface area contributed by atoms with Gasteiger partial charge in [-0.15, -0.1) is 0 Å². The lowest BCUT2D eigenvalue weighted by atomic mass is 9.98. The van der Waals surface area contributed by atoms with Crippen molar-refractivity contribution in [2.24, 2.45) is 0 Å². The maximum Gasteiger partial charge on any atom is 0.338 e. The third kappa shape index (κ3) is 4.70. The molecule has 0 heterocycles. The van der Waals surface area contributed by atoms with Gasteiger partial charge in [0, 0.05) is 11.1 Å². The largest absolute Gasteiger partial charge is 0.423 e. The molecular weight excluding hydrogens is 328 g/mol. The standard InChI is InChI=1S/C22H22O4/c1-6-16-13-19(26-22(24)15(4)5)11-12-20(16)17-7-9-18(10-8-17)25-21(23)14(2)3/h7-13H,2,4,6H2,1,3,5H3. The molecule has 26 heavy (non-hydrogen) atoms. The Bertz CT molecular complexity index is 860. The van der Waals surface area contributed by atoms with Gasteiger partial charge in [0.1, 0.15) is 11.5 Å². The third-order valence-electron chi connectivity index (χ3n) is 3.74. The number of ether oxygens (including phenoxy) is 2. The normalized spacial score (nSPS) is 10.1. The molecule has 0 spiro atoms. The Morgan fingerprint density at radius 3 is 1.85 bits per heavy atom. The Morgan fingerprint density at radius 2 is 1.35 bits per heavy atom. The van der Waals surface area contributed by atoms with Crippen LogP contribution in [0, 0.1) is 0 Å². The van der Waals surface area contributed by atoms with Crippen LogP contribution in [0.3, 0.4) is 0 Å². The summed E-state index contributed by atoms with van der Waals surface area (Å²) in [6.07, 6.45) is 0.778. The summed E-state index contributed by atoms with van der Waals surface area (Å²) in [4.78, 5) is 23.2. The fourth-order valence-electron chi connectivity index (χ4n) is 2.30. The Labute approximate surface area is 153 Å².